The van der Waals surface area contributed by atoms with E-state index < -0.39 is 5.60 Å². The highest BCUT2D eigenvalue weighted by molar-refractivity contribution is 5.71. The Labute approximate surface area is 216 Å². The van der Waals surface area contributed by atoms with Crippen molar-refractivity contribution in [3.8, 4) is 5.75 Å². The van der Waals surface area contributed by atoms with Crippen LogP contribution >= 0.6 is 0 Å². The first-order chi connectivity index (χ1) is 17.3. The molecule has 0 spiro atoms. The van der Waals surface area contributed by atoms with Gasteiger partial charge in [-0.05, 0) is 79.8 Å². The normalized spacial score (nSPS) is 20.0. The number of aryl methyl sites for hydroxylation is 2. The van der Waals surface area contributed by atoms with Crippen molar-refractivity contribution < 1.29 is 19.4 Å². The molecular formula is C32H42O4. The first-order valence-corrected chi connectivity index (χ1v) is 13.7. The SMILES string of the molecule is CCC(CC)(c1ccc(C=CC2(O)CCCCC2)c(C)c1)c1ccc(OC[C@@H]2CCC(=O)O2)c(C)c1. The van der Waals surface area contributed by atoms with Crippen molar-refractivity contribution in [2.24, 2.45) is 0 Å². The summed E-state index contributed by atoms with van der Waals surface area (Å²) in [7, 11) is 0. The minimum absolute atomic E-state index is 0.0845. The fourth-order valence-corrected chi connectivity index (χ4v) is 5.96. The topological polar surface area (TPSA) is 55.8 Å². The Kier molecular flexibility index (Phi) is 8.24. The number of hydrogen-bond donors (Lipinski definition) is 1. The van der Waals surface area contributed by atoms with E-state index in [2.05, 4.69) is 70.2 Å². The molecule has 1 aliphatic carbocycles. The Balaban J connectivity index is 1.54. The van der Waals surface area contributed by atoms with Gasteiger partial charge >= 0.3 is 5.97 Å². The van der Waals surface area contributed by atoms with E-state index in [0.29, 0.717) is 13.0 Å². The predicted molar refractivity (Wildman–Crippen MR) is 145 cm³/mol. The van der Waals surface area contributed by atoms with Crippen LogP contribution in [0.3, 0.4) is 0 Å². The number of ether oxygens (including phenoxy) is 2. The summed E-state index contributed by atoms with van der Waals surface area (Å²) in [4.78, 5) is 11.4. The van der Waals surface area contributed by atoms with E-state index in [9.17, 15) is 9.90 Å². The molecule has 2 aliphatic rings. The maximum Gasteiger partial charge on any atom is 0.306 e. The van der Waals surface area contributed by atoms with Gasteiger partial charge in [0.05, 0.1) is 5.60 Å². The zero-order valence-electron chi connectivity index (χ0n) is 22.4. The maximum atomic E-state index is 11.4. The van der Waals surface area contributed by atoms with Crippen LogP contribution in [0.1, 0.15) is 99.5 Å². The highest BCUT2D eigenvalue weighted by atomic mass is 16.6. The second kappa shape index (κ2) is 11.2. The minimum Gasteiger partial charge on any atom is -0.489 e. The van der Waals surface area contributed by atoms with Gasteiger partial charge in [0, 0.05) is 11.8 Å². The van der Waals surface area contributed by atoms with Crippen molar-refractivity contribution in [2.75, 3.05) is 6.61 Å². The van der Waals surface area contributed by atoms with Crippen LogP contribution in [0.15, 0.2) is 42.5 Å². The summed E-state index contributed by atoms with van der Waals surface area (Å²) in [6.45, 7) is 9.19. The molecule has 0 bridgehead atoms. The van der Waals surface area contributed by atoms with Crippen molar-refractivity contribution in [1.82, 2.24) is 0 Å². The quantitative estimate of drug-likeness (QED) is 0.378. The lowest BCUT2D eigenvalue weighted by molar-refractivity contribution is -0.142. The molecule has 4 heteroatoms. The molecule has 2 aromatic carbocycles. The number of carbonyl (C=O) groups is 1. The summed E-state index contributed by atoms with van der Waals surface area (Å²) in [5.74, 6) is 0.716. The summed E-state index contributed by atoms with van der Waals surface area (Å²) >= 11 is 0. The van der Waals surface area contributed by atoms with Gasteiger partial charge in [0.15, 0.2) is 0 Å². The average Bonchev–Trinajstić information content (AvgIpc) is 3.29. The van der Waals surface area contributed by atoms with Crippen LogP contribution in [0, 0.1) is 13.8 Å². The summed E-state index contributed by atoms with van der Waals surface area (Å²) in [6.07, 6.45) is 12.4. The molecule has 0 aromatic heterocycles. The van der Waals surface area contributed by atoms with Gasteiger partial charge in [0.25, 0.3) is 0 Å². The highest BCUT2D eigenvalue weighted by Crippen LogP contribution is 2.41. The van der Waals surface area contributed by atoms with Crippen LogP contribution in [0.25, 0.3) is 6.08 Å². The Morgan fingerprint density at radius 2 is 1.69 bits per heavy atom. The number of benzene rings is 2. The zero-order valence-corrected chi connectivity index (χ0v) is 22.4. The number of hydrogen-bond acceptors (Lipinski definition) is 4. The molecule has 1 saturated heterocycles. The lowest BCUT2D eigenvalue weighted by Crippen LogP contribution is -2.28. The van der Waals surface area contributed by atoms with Gasteiger partial charge in [0.1, 0.15) is 18.5 Å². The van der Waals surface area contributed by atoms with Crippen LogP contribution in [0.5, 0.6) is 5.75 Å². The zero-order chi connectivity index (χ0) is 25.8. The average molecular weight is 491 g/mol. The molecule has 1 N–H and O–H groups in total. The maximum absolute atomic E-state index is 11.4. The Morgan fingerprint density at radius 1 is 1.03 bits per heavy atom. The van der Waals surface area contributed by atoms with Crippen molar-refractivity contribution in [1.29, 1.82) is 0 Å². The van der Waals surface area contributed by atoms with Gasteiger partial charge < -0.3 is 14.6 Å². The third-order valence-electron chi connectivity index (χ3n) is 8.44. The van der Waals surface area contributed by atoms with E-state index in [1.54, 1.807) is 0 Å². The molecule has 1 saturated carbocycles. The van der Waals surface area contributed by atoms with E-state index in [-0.39, 0.29) is 17.5 Å². The lowest BCUT2D eigenvalue weighted by Gasteiger charge is -2.34. The molecule has 194 valence electrons. The second-order valence-corrected chi connectivity index (χ2v) is 10.8. The Bertz CT molecular complexity index is 1090. The van der Waals surface area contributed by atoms with Gasteiger partial charge in [-0.3, -0.25) is 4.79 Å². The summed E-state index contributed by atoms with van der Waals surface area (Å²) < 4.78 is 11.3. The summed E-state index contributed by atoms with van der Waals surface area (Å²) in [5, 5.41) is 10.9. The van der Waals surface area contributed by atoms with E-state index in [0.717, 1.165) is 56.3 Å². The molecule has 0 amide bonds. The number of rotatable bonds is 9. The largest absolute Gasteiger partial charge is 0.489 e. The molecule has 2 aromatic rings. The smallest absolute Gasteiger partial charge is 0.306 e. The minimum atomic E-state index is -0.652. The first-order valence-electron chi connectivity index (χ1n) is 13.7. The van der Waals surface area contributed by atoms with Crippen LogP contribution in [0.4, 0.5) is 0 Å². The fourth-order valence-electron chi connectivity index (χ4n) is 5.96. The lowest BCUT2D eigenvalue weighted by atomic mass is 9.70. The van der Waals surface area contributed by atoms with Gasteiger partial charge in [0.2, 0.25) is 0 Å². The number of esters is 1. The number of carbonyl (C=O) groups excluding carboxylic acids is 1. The molecule has 1 heterocycles. The van der Waals surface area contributed by atoms with E-state index in [1.807, 2.05) is 6.08 Å². The van der Waals surface area contributed by atoms with E-state index in [4.69, 9.17) is 9.47 Å². The Hall–Kier alpha value is -2.59. The van der Waals surface area contributed by atoms with Crippen LogP contribution in [-0.2, 0) is 14.9 Å². The van der Waals surface area contributed by atoms with Crippen molar-refractivity contribution >= 4 is 12.0 Å². The van der Waals surface area contributed by atoms with E-state index in [1.165, 1.54) is 28.7 Å². The molecule has 4 nitrogen and oxygen atoms in total. The predicted octanol–water partition coefficient (Wildman–Crippen LogP) is 7.20. The summed E-state index contributed by atoms with van der Waals surface area (Å²) in [6, 6.07) is 13.3. The fraction of sp³-hybridized carbons (Fsp3) is 0.531. The van der Waals surface area contributed by atoms with Crippen molar-refractivity contribution in [2.45, 2.75) is 103 Å². The van der Waals surface area contributed by atoms with E-state index >= 15 is 0 Å². The van der Waals surface area contributed by atoms with Crippen molar-refractivity contribution in [3.63, 3.8) is 0 Å². The highest BCUT2D eigenvalue weighted by Gasteiger charge is 2.32. The molecule has 1 atom stereocenters. The second-order valence-electron chi connectivity index (χ2n) is 10.8. The number of cyclic esters (lactones) is 1. The van der Waals surface area contributed by atoms with Crippen LogP contribution < -0.4 is 4.74 Å². The van der Waals surface area contributed by atoms with Crippen molar-refractivity contribution in [3.05, 3.63) is 70.3 Å². The van der Waals surface area contributed by atoms with Gasteiger partial charge in [-0.2, -0.15) is 0 Å². The standard InChI is InChI=1S/C32H42O4/c1-5-32(6-2,27-12-14-29(24(4)21-27)35-22-28-13-15-30(33)36-28)26-11-10-25(23(3)20-26)16-19-31(34)17-8-7-9-18-31/h10-12,14,16,19-21,28,34H,5-9,13,15,17-18,22H2,1-4H3/t28-/m0/s1. The van der Waals surface area contributed by atoms with Gasteiger partial charge in [-0.1, -0.05) is 75.6 Å². The van der Waals surface area contributed by atoms with Gasteiger partial charge in [-0.25, -0.2) is 0 Å². The molecule has 1 aliphatic heterocycles. The van der Waals surface area contributed by atoms with Gasteiger partial charge in [-0.15, -0.1) is 0 Å². The molecule has 0 unspecified atom stereocenters. The monoisotopic (exact) mass is 490 g/mol. The Morgan fingerprint density at radius 3 is 2.28 bits per heavy atom. The molecule has 36 heavy (non-hydrogen) atoms. The molecular weight excluding hydrogens is 448 g/mol. The van der Waals surface area contributed by atoms with Crippen LogP contribution in [0.2, 0.25) is 0 Å². The summed E-state index contributed by atoms with van der Waals surface area (Å²) in [5.41, 5.74) is 5.39. The number of aliphatic hydroxyl groups is 1. The van der Waals surface area contributed by atoms with Crippen LogP contribution in [-0.4, -0.2) is 29.4 Å². The third kappa shape index (κ3) is 5.70. The first kappa shape index (κ1) is 26.5. The molecule has 4 rings (SSSR count). The molecule has 2 fully saturated rings. The third-order valence-corrected chi connectivity index (χ3v) is 8.44. The molecule has 0 radical (unpaired) electrons.